The molecule has 0 atom stereocenters. The molecular weight excluding hydrogens is 373 g/mol. The largest absolute Gasteiger partial charge is 0.349 e. The Morgan fingerprint density at radius 1 is 1.16 bits per heavy atom. The quantitative estimate of drug-likeness (QED) is 0.722. The Morgan fingerprint density at radius 3 is 2.42 bits per heavy atom. The van der Waals surface area contributed by atoms with Crippen LogP contribution in [0.3, 0.4) is 0 Å². The third-order valence-corrected chi connectivity index (χ3v) is 5.19. The number of benzene rings is 1. The maximum atomic E-state index is 12.2. The standard InChI is InChI=1S/C15H19ClINO/c16-13-10-11(8-9-14(13)17)15(19)18-12-6-4-2-1-3-5-7-12/h8-10,12H,1-7H2,(H,18,19). The molecule has 1 aliphatic carbocycles. The maximum Gasteiger partial charge on any atom is 0.251 e. The van der Waals surface area contributed by atoms with Gasteiger partial charge in [-0.1, -0.05) is 43.7 Å². The lowest BCUT2D eigenvalue weighted by Gasteiger charge is -2.21. The zero-order valence-corrected chi connectivity index (χ0v) is 13.8. The lowest BCUT2D eigenvalue weighted by Crippen LogP contribution is -2.35. The fraction of sp³-hybridized carbons (Fsp3) is 0.533. The Labute approximate surface area is 133 Å². The summed E-state index contributed by atoms with van der Waals surface area (Å²) in [6, 6.07) is 5.80. The zero-order chi connectivity index (χ0) is 13.7. The molecule has 1 aromatic carbocycles. The van der Waals surface area contributed by atoms with E-state index >= 15 is 0 Å². The van der Waals surface area contributed by atoms with Crippen molar-refractivity contribution in [3.8, 4) is 0 Å². The summed E-state index contributed by atoms with van der Waals surface area (Å²) in [5.74, 6) is 0.00359. The number of hydrogen-bond acceptors (Lipinski definition) is 1. The fourth-order valence-electron chi connectivity index (χ4n) is 2.51. The van der Waals surface area contributed by atoms with Gasteiger partial charge >= 0.3 is 0 Å². The van der Waals surface area contributed by atoms with Crippen molar-refractivity contribution in [2.75, 3.05) is 0 Å². The second kappa shape index (κ2) is 7.48. The van der Waals surface area contributed by atoms with E-state index in [9.17, 15) is 4.79 Å². The Morgan fingerprint density at radius 2 is 1.79 bits per heavy atom. The van der Waals surface area contributed by atoms with Gasteiger partial charge in [0.25, 0.3) is 5.91 Å². The molecular formula is C15H19ClINO. The van der Waals surface area contributed by atoms with Crippen molar-refractivity contribution in [1.82, 2.24) is 5.32 Å². The van der Waals surface area contributed by atoms with Gasteiger partial charge in [0.2, 0.25) is 0 Å². The van der Waals surface area contributed by atoms with Gasteiger partial charge in [0.05, 0.1) is 5.02 Å². The summed E-state index contributed by atoms with van der Waals surface area (Å²) in [6.07, 6.45) is 8.57. The number of carbonyl (C=O) groups is 1. The molecule has 4 heteroatoms. The highest BCUT2D eigenvalue weighted by Crippen LogP contribution is 2.21. The summed E-state index contributed by atoms with van der Waals surface area (Å²) in [7, 11) is 0. The molecule has 1 fully saturated rings. The summed E-state index contributed by atoms with van der Waals surface area (Å²) in [5.41, 5.74) is 0.660. The Balaban J connectivity index is 1.96. The van der Waals surface area contributed by atoms with Gasteiger partial charge in [-0.2, -0.15) is 0 Å². The Kier molecular flexibility index (Phi) is 5.95. The third kappa shape index (κ3) is 4.63. The van der Waals surface area contributed by atoms with Gasteiger partial charge < -0.3 is 5.32 Å². The minimum atomic E-state index is 0.00359. The van der Waals surface area contributed by atoms with Crippen LogP contribution in [0.1, 0.15) is 55.3 Å². The molecule has 0 unspecified atom stereocenters. The van der Waals surface area contributed by atoms with Gasteiger partial charge in [0, 0.05) is 15.2 Å². The lowest BCUT2D eigenvalue weighted by atomic mass is 9.96. The van der Waals surface area contributed by atoms with Crippen molar-refractivity contribution in [1.29, 1.82) is 0 Å². The molecule has 104 valence electrons. The number of nitrogens with one attached hydrogen (secondary N) is 1. The van der Waals surface area contributed by atoms with Crippen molar-refractivity contribution in [2.45, 2.75) is 51.0 Å². The highest BCUT2D eigenvalue weighted by Gasteiger charge is 2.15. The van der Waals surface area contributed by atoms with Gasteiger partial charge in [-0.3, -0.25) is 4.79 Å². The van der Waals surface area contributed by atoms with Crippen LogP contribution in [0.5, 0.6) is 0 Å². The predicted molar refractivity (Wildman–Crippen MR) is 87.7 cm³/mol. The highest BCUT2D eigenvalue weighted by molar-refractivity contribution is 14.1. The van der Waals surface area contributed by atoms with Gasteiger partial charge in [-0.25, -0.2) is 0 Å². The fourth-order valence-corrected chi connectivity index (χ4v) is 3.02. The Hall–Kier alpha value is -0.290. The number of carbonyl (C=O) groups excluding carboxylic acids is 1. The van der Waals surface area contributed by atoms with Crippen LogP contribution in [0.4, 0.5) is 0 Å². The minimum Gasteiger partial charge on any atom is -0.349 e. The number of rotatable bonds is 2. The third-order valence-electron chi connectivity index (χ3n) is 3.62. The molecule has 0 saturated heterocycles. The molecule has 0 spiro atoms. The molecule has 0 aromatic heterocycles. The zero-order valence-electron chi connectivity index (χ0n) is 10.9. The molecule has 1 saturated carbocycles. The van der Waals surface area contributed by atoms with E-state index in [0.717, 1.165) is 16.4 Å². The SMILES string of the molecule is O=C(NC1CCCCCCC1)c1ccc(I)c(Cl)c1. The molecule has 1 N–H and O–H groups in total. The maximum absolute atomic E-state index is 12.2. The Bertz CT molecular complexity index is 442. The van der Waals surface area contributed by atoms with E-state index in [1.54, 1.807) is 6.07 Å². The second-order valence-electron chi connectivity index (χ2n) is 5.14. The van der Waals surface area contributed by atoms with Crippen molar-refractivity contribution in [2.24, 2.45) is 0 Å². The molecule has 1 aromatic rings. The van der Waals surface area contributed by atoms with E-state index in [1.807, 2.05) is 12.1 Å². The van der Waals surface area contributed by atoms with Crippen molar-refractivity contribution in [3.05, 3.63) is 32.4 Å². The van der Waals surface area contributed by atoms with Crippen molar-refractivity contribution in [3.63, 3.8) is 0 Å². The van der Waals surface area contributed by atoms with Crippen LogP contribution < -0.4 is 5.32 Å². The van der Waals surface area contributed by atoms with Crippen molar-refractivity contribution < 1.29 is 4.79 Å². The summed E-state index contributed by atoms with van der Waals surface area (Å²) >= 11 is 8.23. The summed E-state index contributed by atoms with van der Waals surface area (Å²) in [5, 5.41) is 3.79. The predicted octanol–water partition coefficient (Wildman–Crippen LogP) is 4.79. The summed E-state index contributed by atoms with van der Waals surface area (Å²) < 4.78 is 0.974. The van der Waals surface area contributed by atoms with E-state index in [1.165, 1.54) is 32.1 Å². The van der Waals surface area contributed by atoms with Crippen LogP contribution in [0.15, 0.2) is 18.2 Å². The number of hydrogen-bond donors (Lipinski definition) is 1. The molecule has 19 heavy (non-hydrogen) atoms. The van der Waals surface area contributed by atoms with E-state index in [4.69, 9.17) is 11.6 Å². The van der Waals surface area contributed by atoms with E-state index in [-0.39, 0.29) is 5.91 Å². The smallest absolute Gasteiger partial charge is 0.251 e. The molecule has 1 aliphatic rings. The van der Waals surface area contributed by atoms with Crippen LogP contribution in [-0.2, 0) is 0 Å². The molecule has 0 aliphatic heterocycles. The minimum absolute atomic E-state index is 0.00359. The first-order valence-corrected chi connectivity index (χ1v) is 8.38. The first kappa shape index (κ1) is 15.1. The van der Waals surface area contributed by atoms with Crippen LogP contribution in [0, 0.1) is 3.57 Å². The van der Waals surface area contributed by atoms with Crippen LogP contribution in [0.2, 0.25) is 5.02 Å². The van der Waals surface area contributed by atoms with Gasteiger partial charge in [-0.05, 0) is 53.6 Å². The van der Waals surface area contributed by atoms with Crippen molar-refractivity contribution >= 4 is 40.1 Å². The van der Waals surface area contributed by atoms with Gasteiger partial charge in [0.1, 0.15) is 0 Å². The average Bonchev–Trinajstić information content (AvgIpc) is 2.35. The first-order chi connectivity index (χ1) is 9.16. The molecule has 2 rings (SSSR count). The topological polar surface area (TPSA) is 29.1 Å². The van der Waals surface area contributed by atoms with Gasteiger partial charge in [0.15, 0.2) is 0 Å². The van der Waals surface area contributed by atoms with E-state index in [2.05, 4.69) is 27.9 Å². The van der Waals surface area contributed by atoms with Crippen LogP contribution in [0.25, 0.3) is 0 Å². The summed E-state index contributed by atoms with van der Waals surface area (Å²) in [4.78, 5) is 12.2. The van der Waals surface area contributed by atoms with E-state index in [0.29, 0.717) is 16.6 Å². The highest BCUT2D eigenvalue weighted by atomic mass is 127. The molecule has 0 bridgehead atoms. The second-order valence-corrected chi connectivity index (χ2v) is 6.71. The summed E-state index contributed by atoms with van der Waals surface area (Å²) in [6.45, 7) is 0. The van der Waals surface area contributed by atoms with Crippen LogP contribution >= 0.6 is 34.2 Å². The first-order valence-electron chi connectivity index (χ1n) is 6.93. The molecule has 1 amide bonds. The van der Waals surface area contributed by atoms with Crippen LogP contribution in [-0.4, -0.2) is 11.9 Å². The van der Waals surface area contributed by atoms with Gasteiger partial charge in [-0.15, -0.1) is 0 Å². The average molecular weight is 392 g/mol. The lowest BCUT2D eigenvalue weighted by molar-refractivity contribution is 0.0930. The number of amides is 1. The molecule has 0 radical (unpaired) electrons. The molecule has 0 heterocycles. The van der Waals surface area contributed by atoms with E-state index < -0.39 is 0 Å². The molecule has 2 nitrogen and oxygen atoms in total. The monoisotopic (exact) mass is 391 g/mol. The normalized spacial score (nSPS) is 17.6. The number of halogens is 2.